The molecule has 2 aliphatic heterocycles. The van der Waals surface area contributed by atoms with E-state index in [1.54, 1.807) is 30.3 Å². The summed E-state index contributed by atoms with van der Waals surface area (Å²) in [4.78, 5) is 39.7. The molecule has 2 aliphatic rings. The van der Waals surface area contributed by atoms with Gasteiger partial charge in [-0.25, -0.2) is 9.18 Å². The molecule has 2 aromatic carbocycles. The molecular formula is C28H34FN7O4. The fourth-order valence-corrected chi connectivity index (χ4v) is 5.71. The lowest BCUT2D eigenvalue weighted by Crippen LogP contribution is -2.58. The summed E-state index contributed by atoms with van der Waals surface area (Å²) in [5.41, 5.74) is 6.76. The van der Waals surface area contributed by atoms with Crippen LogP contribution >= 0.6 is 0 Å². The number of ether oxygens (including phenoxy) is 1. The number of piperazine rings is 1. The van der Waals surface area contributed by atoms with E-state index < -0.39 is 17.8 Å². The average molecular weight is 552 g/mol. The van der Waals surface area contributed by atoms with E-state index in [-0.39, 0.29) is 59.7 Å². The predicted octanol–water partition coefficient (Wildman–Crippen LogP) is 3.65. The molecule has 2 saturated heterocycles. The van der Waals surface area contributed by atoms with Crippen molar-refractivity contribution < 1.29 is 23.8 Å². The average Bonchev–Trinajstić information content (AvgIpc) is 3.32. The zero-order valence-corrected chi connectivity index (χ0v) is 22.8. The van der Waals surface area contributed by atoms with Crippen LogP contribution in [0.3, 0.4) is 0 Å². The van der Waals surface area contributed by atoms with Crippen molar-refractivity contribution in [3.63, 3.8) is 0 Å². The Hall–Kier alpha value is -4.19. The number of fused-ring (bicyclic) bond motifs is 1. The van der Waals surface area contributed by atoms with Crippen molar-refractivity contribution in [3.05, 3.63) is 47.9 Å². The quantitative estimate of drug-likeness (QED) is 0.419. The van der Waals surface area contributed by atoms with E-state index in [0.29, 0.717) is 17.8 Å². The van der Waals surface area contributed by atoms with Crippen LogP contribution in [0.4, 0.5) is 26.4 Å². The molecule has 3 aromatic rings. The minimum Gasteiger partial charge on any atom is -0.465 e. The standard InChI is InChI=1S/C28H34FN7O4/c1-16-13-35(28(38)39)14-17(2)36(16)25-23(30)24(32-27(33-25)40-15-19-9-6-12-34(19)3)26(37)31-21-11-5-8-18-7-4-10-20(29)22(18)21/h4-5,7-8,10-11,16-17,19H,6,9,12-15,30H2,1-3H3,(H,31,37)(H,38,39)/t16-,17-,19?/m0/s1. The Morgan fingerprint density at radius 1 is 1.15 bits per heavy atom. The fourth-order valence-electron chi connectivity index (χ4n) is 5.71. The second kappa shape index (κ2) is 11.1. The SMILES string of the molecule is C[C@H]1CN(C(=O)O)C[C@H](C)N1c1nc(OCC2CCCN2C)nc(C(=O)Nc2cccc3cccc(F)c23)c1N. The van der Waals surface area contributed by atoms with E-state index >= 15 is 0 Å². The zero-order valence-electron chi connectivity index (χ0n) is 22.8. The van der Waals surface area contributed by atoms with Crippen molar-refractivity contribution in [2.45, 2.75) is 44.8 Å². The van der Waals surface area contributed by atoms with E-state index in [1.807, 2.05) is 25.8 Å². The van der Waals surface area contributed by atoms with Crippen LogP contribution in [0, 0.1) is 5.82 Å². The number of nitrogens with zero attached hydrogens (tertiary/aromatic N) is 5. The summed E-state index contributed by atoms with van der Waals surface area (Å²) in [6.07, 6.45) is 1.04. The van der Waals surface area contributed by atoms with Gasteiger partial charge >= 0.3 is 12.1 Å². The third-order valence-corrected chi connectivity index (χ3v) is 7.73. The van der Waals surface area contributed by atoms with Crippen LogP contribution in [0.25, 0.3) is 10.8 Å². The molecule has 0 spiro atoms. The molecule has 0 saturated carbocycles. The monoisotopic (exact) mass is 551 g/mol. The number of aromatic nitrogens is 2. The number of likely N-dealkylation sites (N-methyl/N-ethyl adjacent to an activating group) is 1. The second-order valence-electron chi connectivity index (χ2n) is 10.6. The summed E-state index contributed by atoms with van der Waals surface area (Å²) >= 11 is 0. The van der Waals surface area contributed by atoms with Crippen LogP contribution in [0.1, 0.15) is 37.2 Å². The van der Waals surface area contributed by atoms with E-state index in [2.05, 4.69) is 20.2 Å². The molecule has 3 heterocycles. The van der Waals surface area contributed by atoms with Gasteiger partial charge in [-0.3, -0.25) is 4.79 Å². The molecule has 40 heavy (non-hydrogen) atoms. The Morgan fingerprint density at radius 2 is 1.85 bits per heavy atom. The van der Waals surface area contributed by atoms with Crippen LogP contribution in [0.2, 0.25) is 0 Å². The summed E-state index contributed by atoms with van der Waals surface area (Å²) in [6, 6.07) is 9.43. The van der Waals surface area contributed by atoms with Crippen LogP contribution in [0.5, 0.6) is 6.01 Å². The Labute approximate surface area is 231 Å². The Bertz CT molecular complexity index is 1420. The molecular weight excluding hydrogens is 517 g/mol. The molecule has 2 fully saturated rings. The number of carboxylic acid groups (broad SMARTS) is 1. The third kappa shape index (κ3) is 5.31. The van der Waals surface area contributed by atoms with Crippen molar-refractivity contribution in [2.24, 2.45) is 0 Å². The number of amides is 2. The lowest BCUT2D eigenvalue weighted by atomic mass is 10.1. The Morgan fingerprint density at radius 3 is 2.50 bits per heavy atom. The number of nitrogen functional groups attached to an aromatic ring is 1. The van der Waals surface area contributed by atoms with Crippen LogP contribution in [-0.4, -0.2) is 88.3 Å². The number of rotatable bonds is 6. The minimum atomic E-state index is -0.999. The van der Waals surface area contributed by atoms with Gasteiger partial charge in [0.2, 0.25) is 0 Å². The number of nitrogens with two attached hydrogens (primary N) is 1. The Balaban J connectivity index is 1.51. The molecule has 212 valence electrons. The van der Waals surface area contributed by atoms with Gasteiger partial charge in [0.15, 0.2) is 11.5 Å². The van der Waals surface area contributed by atoms with Crippen molar-refractivity contribution in [2.75, 3.05) is 49.2 Å². The number of anilines is 3. The highest BCUT2D eigenvalue weighted by Gasteiger charge is 2.35. The maximum Gasteiger partial charge on any atom is 0.407 e. The first kappa shape index (κ1) is 27.4. The number of likely N-dealkylation sites (tertiary alicyclic amines) is 1. The molecule has 4 N–H and O–H groups in total. The Kier molecular flexibility index (Phi) is 7.61. The van der Waals surface area contributed by atoms with E-state index in [0.717, 1.165) is 19.4 Å². The number of carbonyl (C=O) groups excluding carboxylic acids is 1. The number of benzene rings is 2. The maximum atomic E-state index is 14.7. The van der Waals surface area contributed by atoms with Gasteiger partial charge in [0.1, 0.15) is 18.1 Å². The van der Waals surface area contributed by atoms with Gasteiger partial charge in [-0.15, -0.1) is 0 Å². The highest BCUT2D eigenvalue weighted by atomic mass is 19.1. The summed E-state index contributed by atoms with van der Waals surface area (Å²) in [5.74, 6) is -0.804. The van der Waals surface area contributed by atoms with Gasteiger partial charge in [0.25, 0.3) is 5.91 Å². The van der Waals surface area contributed by atoms with Crippen molar-refractivity contribution in [1.29, 1.82) is 0 Å². The first-order valence-corrected chi connectivity index (χ1v) is 13.4. The minimum absolute atomic E-state index is 0.00110. The molecule has 12 heteroatoms. The predicted molar refractivity (Wildman–Crippen MR) is 150 cm³/mol. The maximum absolute atomic E-state index is 14.7. The van der Waals surface area contributed by atoms with Gasteiger partial charge in [-0.05, 0) is 57.8 Å². The zero-order chi connectivity index (χ0) is 28.6. The summed E-state index contributed by atoms with van der Waals surface area (Å²) in [7, 11) is 2.03. The fraction of sp³-hybridized carbons (Fsp3) is 0.429. The van der Waals surface area contributed by atoms with Gasteiger partial charge in [-0.1, -0.05) is 24.3 Å². The first-order valence-electron chi connectivity index (χ1n) is 13.4. The van der Waals surface area contributed by atoms with Gasteiger partial charge in [-0.2, -0.15) is 9.97 Å². The molecule has 0 aliphatic carbocycles. The lowest BCUT2D eigenvalue weighted by Gasteiger charge is -2.44. The molecule has 5 rings (SSSR count). The number of hydrogen-bond donors (Lipinski definition) is 3. The van der Waals surface area contributed by atoms with E-state index in [1.165, 1.54) is 11.0 Å². The van der Waals surface area contributed by atoms with Crippen molar-refractivity contribution in [1.82, 2.24) is 19.8 Å². The molecule has 1 aromatic heterocycles. The number of halogens is 1. The summed E-state index contributed by atoms with van der Waals surface area (Å²) in [6.45, 7) is 5.54. The second-order valence-corrected chi connectivity index (χ2v) is 10.6. The van der Waals surface area contributed by atoms with Crippen LogP contribution in [0.15, 0.2) is 36.4 Å². The summed E-state index contributed by atoms with van der Waals surface area (Å²) in [5, 5.41) is 13.2. The molecule has 2 amide bonds. The normalized spacial score (nSPS) is 21.6. The lowest BCUT2D eigenvalue weighted by molar-refractivity contribution is 0.102. The molecule has 1 unspecified atom stereocenters. The number of carbonyl (C=O) groups is 2. The topological polar surface area (TPSA) is 137 Å². The number of nitrogens with one attached hydrogen (secondary N) is 1. The van der Waals surface area contributed by atoms with Gasteiger partial charge < -0.3 is 35.6 Å². The summed E-state index contributed by atoms with van der Waals surface area (Å²) < 4.78 is 20.7. The molecule has 0 bridgehead atoms. The molecule has 3 atom stereocenters. The smallest absolute Gasteiger partial charge is 0.407 e. The van der Waals surface area contributed by atoms with Gasteiger partial charge in [0.05, 0.1) is 5.69 Å². The van der Waals surface area contributed by atoms with Crippen molar-refractivity contribution in [3.8, 4) is 6.01 Å². The third-order valence-electron chi connectivity index (χ3n) is 7.73. The highest BCUT2D eigenvalue weighted by molar-refractivity contribution is 6.11. The number of hydrogen-bond acceptors (Lipinski definition) is 8. The molecule has 0 radical (unpaired) electrons. The van der Waals surface area contributed by atoms with E-state index in [9.17, 15) is 19.1 Å². The van der Waals surface area contributed by atoms with Crippen LogP contribution < -0.4 is 20.7 Å². The van der Waals surface area contributed by atoms with Crippen molar-refractivity contribution >= 4 is 40.0 Å². The van der Waals surface area contributed by atoms with Crippen LogP contribution in [-0.2, 0) is 0 Å². The largest absolute Gasteiger partial charge is 0.465 e. The highest BCUT2D eigenvalue weighted by Crippen LogP contribution is 2.33. The van der Waals surface area contributed by atoms with Gasteiger partial charge in [0, 0.05) is 36.6 Å². The van der Waals surface area contributed by atoms with E-state index in [4.69, 9.17) is 10.5 Å². The first-order chi connectivity index (χ1) is 19.1. The molecule has 11 nitrogen and oxygen atoms in total.